The summed E-state index contributed by atoms with van der Waals surface area (Å²) in [5.74, 6) is -0.146. The van der Waals surface area contributed by atoms with E-state index < -0.39 is 0 Å². The number of fused-ring (bicyclic) bond motifs is 2. The molecule has 0 saturated carbocycles. The SMILES string of the molecule is O=C(Nc1ccc2nc[nH]c2c1)c1cc2sccc2[nH]1. The minimum Gasteiger partial charge on any atom is -0.350 e. The number of aromatic nitrogens is 3. The molecule has 0 fully saturated rings. The molecule has 3 aromatic heterocycles. The van der Waals surface area contributed by atoms with Gasteiger partial charge in [-0.3, -0.25) is 4.79 Å². The molecule has 3 heterocycles. The molecule has 0 aliphatic carbocycles. The highest BCUT2D eigenvalue weighted by Gasteiger charge is 2.10. The number of rotatable bonds is 2. The third-order valence-corrected chi connectivity index (χ3v) is 4.03. The van der Waals surface area contributed by atoms with Crippen LogP contribution in [0, 0.1) is 0 Å². The second-order valence-electron chi connectivity index (χ2n) is 4.47. The van der Waals surface area contributed by atoms with Crippen molar-refractivity contribution >= 4 is 44.2 Å². The van der Waals surface area contributed by atoms with E-state index >= 15 is 0 Å². The molecule has 3 N–H and O–H groups in total. The Labute approximate surface area is 117 Å². The number of nitrogens with one attached hydrogen (secondary N) is 3. The van der Waals surface area contributed by atoms with E-state index in [2.05, 4.69) is 20.3 Å². The van der Waals surface area contributed by atoms with Gasteiger partial charge in [-0.05, 0) is 35.7 Å². The number of carbonyl (C=O) groups is 1. The predicted octanol–water partition coefficient (Wildman–Crippen LogP) is 3.36. The zero-order valence-electron chi connectivity index (χ0n) is 10.3. The zero-order chi connectivity index (χ0) is 13.5. The molecular formula is C14H10N4OS. The number of H-pyrrole nitrogens is 2. The maximum Gasteiger partial charge on any atom is 0.272 e. The van der Waals surface area contributed by atoms with Crippen LogP contribution < -0.4 is 5.32 Å². The van der Waals surface area contributed by atoms with Crippen LogP contribution in [-0.2, 0) is 0 Å². The summed E-state index contributed by atoms with van der Waals surface area (Å²) in [6.45, 7) is 0. The zero-order valence-corrected chi connectivity index (χ0v) is 11.1. The van der Waals surface area contributed by atoms with E-state index in [0.717, 1.165) is 26.9 Å². The number of amides is 1. The van der Waals surface area contributed by atoms with Gasteiger partial charge in [-0.1, -0.05) is 0 Å². The third-order valence-electron chi connectivity index (χ3n) is 3.16. The summed E-state index contributed by atoms with van der Waals surface area (Å²) in [7, 11) is 0. The van der Waals surface area contributed by atoms with Gasteiger partial charge in [0.25, 0.3) is 5.91 Å². The molecule has 0 aliphatic heterocycles. The van der Waals surface area contributed by atoms with Gasteiger partial charge in [-0.25, -0.2) is 4.98 Å². The summed E-state index contributed by atoms with van der Waals surface area (Å²) >= 11 is 1.61. The molecule has 0 atom stereocenters. The number of carbonyl (C=O) groups excluding carboxylic acids is 1. The van der Waals surface area contributed by atoms with E-state index in [0.29, 0.717) is 5.69 Å². The summed E-state index contributed by atoms with van der Waals surface area (Å²) in [6, 6.07) is 9.41. The van der Waals surface area contributed by atoms with Crippen LogP contribution in [0.5, 0.6) is 0 Å². The van der Waals surface area contributed by atoms with Gasteiger partial charge >= 0.3 is 0 Å². The number of hydrogen-bond acceptors (Lipinski definition) is 3. The summed E-state index contributed by atoms with van der Waals surface area (Å²) in [5.41, 5.74) is 4.07. The van der Waals surface area contributed by atoms with Crippen LogP contribution in [0.4, 0.5) is 5.69 Å². The van der Waals surface area contributed by atoms with Crippen LogP contribution in [0.1, 0.15) is 10.5 Å². The van der Waals surface area contributed by atoms with Gasteiger partial charge in [0.05, 0.1) is 27.6 Å². The van der Waals surface area contributed by atoms with Crippen molar-refractivity contribution < 1.29 is 4.79 Å². The summed E-state index contributed by atoms with van der Waals surface area (Å²) in [4.78, 5) is 22.5. The van der Waals surface area contributed by atoms with E-state index in [1.807, 2.05) is 35.7 Å². The lowest BCUT2D eigenvalue weighted by Gasteiger charge is -2.03. The number of imidazole rings is 1. The molecule has 20 heavy (non-hydrogen) atoms. The van der Waals surface area contributed by atoms with Gasteiger partial charge in [0.2, 0.25) is 0 Å². The molecule has 5 nitrogen and oxygen atoms in total. The Kier molecular flexibility index (Phi) is 2.37. The Bertz CT molecular complexity index is 889. The van der Waals surface area contributed by atoms with Crippen molar-refractivity contribution in [1.82, 2.24) is 15.0 Å². The molecule has 0 radical (unpaired) electrons. The molecule has 6 heteroatoms. The summed E-state index contributed by atoms with van der Waals surface area (Å²) in [6.07, 6.45) is 1.63. The fourth-order valence-corrected chi connectivity index (χ4v) is 2.97. The maximum absolute atomic E-state index is 12.2. The van der Waals surface area contributed by atoms with Crippen LogP contribution in [0.3, 0.4) is 0 Å². The Hall–Kier alpha value is -2.60. The van der Waals surface area contributed by atoms with Crippen molar-refractivity contribution in [2.24, 2.45) is 0 Å². The van der Waals surface area contributed by atoms with Crippen molar-refractivity contribution in [1.29, 1.82) is 0 Å². The smallest absolute Gasteiger partial charge is 0.272 e. The highest BCUT2D eigenvalue weighted by atomic mass is 32.1. The van der Waals surface area contributed by atoms with Crippen molar-refractivity contribution in [3.63, 3.8) is 0 Å². The van der Waals surface area contributed by atoms with Crippen LogP contribution in [0.25, 0.3) is 21.3 Å². The molecule has 0 spiro atoms. The fraction of sp³-hybridized carbons (Fsp3) is 0. The minimum atomic E-state index is -0.146. The molecule has 0 unspecified atom stereocenters. The molecule has 4 aromatic rings. The van der Waals surface area contributed by atoms with Gasteiger partial charge in [-0.15, -0.1) is 11.3 Å². The number of benzene rings is 1. The minimum absolute atomic E-state index is 0.146. The summed E-state index contributed by atoms with van der Waals surface area (Å²) < 4.78 is 1.08. The van der Waals surface area contributed by atoms with E-state index in [-0.39, 0.29) is 5.91 Å². The third kappa shape index (κ3) is 1.78. The highest BCUT2D eigenvalue weighted by Crippen LogP contribution is 2.22. The van der Waals surface area contributed by atoms with Gasteiger partial charge in [0.15, 0.2) is 0 Å². The van der Waals surface area contributed by atoms with Gasteiger partial charge in [-0.2, -0.15) is 0 Å². The van der Waals surface area contributed by atoms with Crippen molar-refractivity contribution in [2.75, 3.05) is 5.32 Å². The van der Waals surface area contributed by atoms with Crippen LogP contribution in [0.15, 0.2) is 42.0 Å². The van der Waals surface area contributed by atoms with Crippen LogP contribution in [-0.4, -0.2) is 20.9 Å². The van der Waals surface area contributed by atoms with Gasteiger partial charge in [0.1, 0.15) is 5.69 Å². The fourth-order valence-electron chi connectivity index (χ4n) is 2.18. The molecule has 1 aromatic carbocycles. The first-order chi connectivity index (χ1) is 9.79. The topological polar surface area (TPSA) is 73.6 Å². The Morgan fingerprint density at radius 2 is 2.15 bits per heavy atom. The van der Waals surface area contributed by atoms with Gasteiger partial charge < -0.3 is 15.3 Å². The number of hydrogen-bond donors (Lipinski definition) is 3. The molecule has 0 aliphatic rings. The maximum atomic E-state index is 12.2. The average Bonchev–Trinajstić information content (AvgIpc) is 3.12. The van der Waals surface area contributed by atoms with E-state index in [4.69, 9.17) is 0 Å². The van der Waals surface area contributed by atoms with Crippen molar-refractivity contribution in [3.8, 4) is 0 Å². The molecule has 0 bridgehead atoms. The van der Waals surface area contributed by atoms with Crippen LogP contribution in [0.2, 0.25) is 0 Å². The van der Waals surface area contributed by atoms with Crippen molar-refractivity contribution in [3.05, 3.63) is 47.7 Å². The second kappa shape index (κ2) is 4.21. The normalized spacial score (nSPS) is 11.2. The number of nitrogens with zero attached hydrogens (tertiary/aromatic N) is 1. The number of aromatic amines is 2. The second-order valence-corrected chi connectivity index (χ2v) is 5.42. The molecular weight excluding hydrogens is 272 g/mol. The molecule has 98 valence electrons. The lowest BCUT2D eigenvalue weighted by Crippen LogP contribution is -2.12. The summed E-state index contributed by atoms with van der Waals surface area (Å²) in [5, 5.41) is 4.87. The molecule has 4 rings (SSSR count). The van der Waals surface area contributed by atoms with Crippen molar-refractivity contribution in [2.45, 2.75) is 0 Å². The number of anilines is 1. The molecule has 0 saturated heterocycles. The highest BCUT2D eigenvalue weighted by molar-refractivity contribution is 7.17. The van der Waals surface area contributed by atoms with Crippen LogP contribution >= 0.6 is 11.3 Å². The standard InChI is InChI=1S/C14H10N4OS/c19-14(12-6-13-10(18-12)3-4-20-13)17-8-1-2-9-11(5-8)16-7-15-9/h1-7,18H,(H,15,16)(H,17,19). The number of thiophene rings is 1. The lowest BCUT2D eigenvalue weighted by atomic mass is 10.2. The monoisotopic (exact) mass is 282 g/mol. The van der Waals surface area contributed by atoms with E-state index in [1.165, 1.54) is 0 Å². The predicted molar refractivity (Wildman–Crippen MR) is 80.2 cm³/mol. The quantitative estimate of drug-likeness (QED) is 0.527. The van der Waals surface area contributed by atoms with Gasteiger partial charge in [0, 0.05) is 5.69 Å². The largest absolute Gasteiger partial charge is 0.350 e. The first kappa shape index (κ1) is 11.2. The Morgan fingerprint density at radius 3 is 3.05 bits per heavy atom. The Morgan fingerprint density at radius 1 is 1.20 bits per heavy atom. The first-order valence-corrected chi connectivity index (χ1v) is 6.98. The average molecular weight is 282 g/mol. The lowest BCUT2D eigenvalue weighted by molar-refractivity contribution is 0.102. The van der Waals surface area contributed by atoms with E-state index in [9.17, 15) is 4.79 Å². The first-order valence-electron chi connectivity index (χ1n) is 6.10. The Balaban J connectivity index is 1.63. The molecule has 1 amide bonds. The van der Waals surface area contributed by atoms with E-state index in [1.54, 1.807) is 17.7 Å².